The maximum atomic E-state index is 6.01. The number of hydrogen-bond donors (Lipinski definition) is 1. The standard InChI is InChI=1S/C11H16N2/c1-8-2-5-10(13-7-8)6-11(12)9-3-4-9/h2,5,7,9,11H,3-4,6,12H2,1H3. The van der Waals surface area contributed by atoms with Crippen molar-refractivity contribution in [2.45, 2.75) is 32.2 Å². The zero-order chi connectivity index (χ0) is 9.26. The second-order valence-electron chi connectivity index (χ2n) is 4.03. The molecule has 1 unspecified atom stereocenters. The molecule has 1 atom stereocenters. The number of rotatable bonds is 3. The Bertz CT molecular complexity index is 275. The van der Waals surface area contributed by atoms with Crippen LogP contribution in [-0.2, 0) is 6.42 Å². The Morgan fingerprint density at radius 3 is 2.85 bits per heavy atom. The van der Waals surface area contributed by atoms with Crippen LogP contribution in [-0.4, -0.2) is 11.0 Å². The van der Waals surface area contributed by atoms with Gasteiger partial charge in [-0.05, 0) is 37.3 Å². The van der Waals surface area contributed by atoms with Crippen LogP contribution in [0.15, 0.2) is 18.3 Å². The van der Waals surface area contributed by atoms with Gasteiger partial charge >= 0.3 is 0 Å². The fourth-order valence-electron chi connectivity index (χ4n) is 1.55. The first-order valence-corrected chi connectivity index (χ1v) is 4.93. The van der Waals surface area contributed by atoms with Crippen molar-refractivity contribution in [3.05, 3.63) is 29.6 Å². The summed E-state index contributed by atoms with van der Waals surface area (Å²) in [5.74, 6) is 0.767. The lowest BCUT2D eigenvalue weighted by atomic mass is 10.1. The van der Waals surface area contributed by atoms with Gasteiger partial charge < -0.3 is 5.73 Å². The summed E-state index contributed by atoms with van der Waals surface area (Å²) in [4.78, 5) is 4.35. The minimum absolute atomic E-state index is 0.329. The molecule has 2 heteroatoms. The van der Waals surface area contributed by atoms with E-state index in [9.17, 15) is 0 Å². The Balaban J connectivity index is 1.96. The van der Waals surface area contributed by atoms with Gasteiger partial charge in [0.05, 0.1) is 0 Å². The fourth-order valence-corrected chi connectivity index (χ4v) is 1.55. The number of pyridine rings is 1. The lowest BCUT2D eigenvalue weighted by molar-refractivity contribution is 0.584. The summed E-state index contributed by atoms with van der Waals surface area (Å²) in [6.45, 7) is 2.05. The predicted molar refractivity (Wildman–Crippen MR) is 53.4 cm³/mol. The van der Waals surface area contributed by atoms with Crippen molar-refractivity contribution in [1.29, 1.82) is 0 Å². The van der Waals surface area contributed by atoms with Crippen molar-refractivity contribution in [3.63, 3.8) is 0 Å². The summed E-state index contributed by atoms with van der Waals surface area (Å²) >= 11 is 0. The zero-order valence-electron chi connectivity index (χ0n) is 8.03. The molecule has 0 radical (unpaired) electrons. The highest BCUT2D eigenvalue weighted by Gasteiger charge is 2.28. The molecule has 1 aliphatic carbocycles. The third kappa shape index (κ3) is 2.28. The molecular formula is C11H16N2. The van der Waals surface area contributed by atoms with Gasteiger partial charge in [-0.2, -0.15) is 0 Å². The average Bonchev–Trinajstić information content (AvgIpc) is 2.91. The Hall–Kier alpha value is -0.890. The van der Waals surface area contributed by atoms with Crippen molar-refractivity contribution in [2.24, 2.45) is 11.7 Å². The van der Waals surface area contributed by atoms with Crippen molar-refractivity contribution >= 4 is 0 Å². The van der Waals surface area contributed by atoms with Crippen LogP contribution in [0.4, 0.5) is 0 Å². The first-order chi connectivity index (χ1) is 6.25. The van der Waals surface area contributed by atoms with E-state index in [1.807, 2.05) is 6.20 Å². The van der Waals surface area contributed by atoms with Gasteiger partial charge in [0.1, 0.15) is 0 Å². The lowest BCUT2D eigenvalue weighted by Crippen LogP contribution is -2.25. The normalized spacial score (nSPS) is 18.6. The summed E-state index contributed by atoms with van der Waals surface area (Å²) in [7, 11) is 0. The van der Waals surface area contributed by atoms with E-state index in [2.05, 4.69) is 24.0 Å². The molecule has 1 aliphatic rings. The van der Waals surface area contributed by atoms with Crippen LogP contribution in [0.5, 0.6) is 0 Å². The van der Waals surface area contributed by atoms with Crippen molar-refractivity contribution in [1.82, 2.24) is 4.98 Å². The average molecular weight is 176 g/mol. The molecule has 70 valence electrons. The quantitative estimate of drug-likeness (QED) is 0.761. The van der Waals surface area contributed by atoms with E-state index in [4.69, 9.17) is 5.73 Å². The first kappa shape index (κ1) is 8.70. The Kier molecular flexibility index (Phi) is 2.32. The van der Waals surface area contributed by atoms with E-state index < -0.39 is 0 Å². The molecular weight excluding hydrogens is 160 g/mol. The molecule has 2 N–H and O–H groups in total. The van der Waals surface area contributed by atoms with E-state index in [1.54, 1.807) is 0 Å². The largest absolute Gasteiger partial charge is 0.327 e. The van der Waals surface area contributed by atoms with Gasteiger partial charge in [0.2, 0.25) is 0 Å². The monoisotopic (exact) mass is 176 g/mol. The highest BCUT2D eigenvalue weighted by molar-refractivity contribution is 5.13. The van der Waals surface area contributed by atoms with Crippen LogP contribution in [0.2, 0.25) is 0 Å². The van der Waals surface area contributed by atoms with Crippen molar-refractivity contribution in [3.8, 4) is 0 Å². The number of aryl methyl sites for hydroxylation is 1. The molecule has 0 amide bonds. The van der Waals surface area contributed by atoms with Gasteiger partial charge in [-0.25, -0.2) is 0 Å². The van der Waals surface area contributed by atoms with Gasteiger partial charge in [-0.15, -0.1) is 0 Å². The summed E-state index contributed by atoms with van der Waals surface area (Å²) in [6.07, 6.45) is 5.47. The molecule has 2 rings (SSSR count). The van der Waals surface area contributed by atoms with Gasteiger partial charge in [0.25, 0.3) is 0 Å². The van der Waals surface area contributed by atoms with Crippen LogP contribution in [0.3, 0.4) is 0 Å². The molecule has 1 heterocycles. The Labute approximate surface area is 79.2 Å². The number of nitrogens with two attached hydrogens (primary N) is 1. The van der Waals surface area contributed by atoms with Crippen molar-refractivity contribution < 1.29 is 0 Å². The molecule has 13 heavy (non-hydrogen) atoms. The van der Waals surface area contributed by atoms with Gasteiger partial charge in [-0.1, -0.05) is 6.07 Å². The molecule has 2 nitrogen and oxygen atoms in total. The van der Waals surface area contributed by atoms with Crippen LogP contribution in [0.1, 0.15) is 24.1 Å². The maximum Gasteiger partial charge on any atom is 0.0419 e. The molecule has 0 bridgehead atoms. The topological polar surface area (TPSA) is 38.9 Å². The maximum absolute atomic E-state index is 6.01. The van der Waals surface area contributed by atoms with E-state index in [0.29, 0.717) is 6.04 Å². The molecule has 1 aromatic heterocycles. The third-order valence-electron chi connectivity index (χ3n) is 2.64. The first-order valence-electron chi connectivity index (χ1n) is 4.93. The van der Waals surface area contributed by atoms with E-state index in [-0.39, 0.29) is 0 Å². The molecule has 0 spiro atoms. The van der Waals surface area contributed by atoms with Crippen LogP contribution < -0.4 is 5.73 Å². The minimum Gasteiger partial charge on any atom is -0.327 e. The fraction of sp³-hybridized carbons (Fsp3) is 0.545. The van der Waals surface area contributed by atoms with Gasteiger partial charge in [0.15, 0.2) is 0 Å². The van der Waals surface area contributed by atoms with Gasteiger partial charge in [0, 0.05) is 24.4 Å². The summed E-state index contributed by atoms with van der Waals surface area (Å²) in [5.41, 5.74) is 8.35. The Morgan fingerprint density at radius 2 is 2.31 bits per heavy atom. The SMILES string of the molecule is Cc1ccc(CC(N)C2CC2)nc1. The van der Waals surface area contributed by atoms with E-state index in [1.165, 1.54) is 18.4 Å². The third-order valence-corrected chi connectivity index (χ3v) is 2.64. The molecule has 0 aliphatic heterocycles. The summed E-state index contributed by atoms with van der Waals surface area (Å²) in [5, 5.41) is 0. The molecule has 1 aromatic rings. The number of aromatic nitrogens is 1. The second-order valence-corrected chi connectivity index (χ2v) is 4.03. The van der Waals surface area contributed by atoms with Crippen LogP contribution in [0.25, 0.3) is 0 Å². The van der Waals surface area contributed by atoms with Gasteiger partial charge in [-0.3, -0.25) is 4.98 Å². The predicted octanol–water partition coefficient (Wildman–Crippen LogP) is 1.67. The second kappa shape index (κ2) is 3.46. The molecule has 0 saturated heterocycles. The van der Waals surface area contributed by atoms with E-state index in [0.717, 1.165) is 18.0 Å². The lowest BCUT2D eigenvalue weighted by Gasteiger charge is -2.08. The molecule has 0 aromatic carbocycles. The molecule has 1 saturated carbocycles. The van der Waals surface area contributed by atoms with E-state index >= 15 is 0 Å². The number of hydrogen-bond acceptors (Lipinski definition) is 2. The summed E-state index contributed by atoms with van der Waals surface area (Å²) in [6, 6.07) is 4.51. The zero-order valence-corrected chi connectivity index (χ0v) is 8.03. The highest BCUT2D eigenvalue weighted by Crippen LogP contribution is 2.32. The summed E-state index contributed by atoms with van der Waals surface area (Å²) < 4.78 is 0. The smallest absolute Gasteiger partial charge is 0.0419 e. The number of nitrogens with zero attached hydrogens (tertiary/aromatic N) is 1. The Morgan fingerprint density at radius 1 is 1.54 bits per heavy atom. The highest BCUT2D eigenvalue weighted by atomic mass is 14.7. The van der Waals surface area contributed by atoms with Crippen molar-refractivity contribution in [2.75, 3.05) is 0 Å². The minimum atomic E-state index is 0.329. The van der Waals surface area contributed by atoms with Crippen LogP contribution in [0, 0.1) is 12.8 Å². The van der Waals surface area contributed by atoms with Crippen LogP contribution >= 0.6 is 0 Å². The molecule has 1 fully saturated rings.